The van der Waals surface area contributed by atoms with Gasteiger partial charge in [-0.3, -0.25) is 4.72 Å². The average molecular weight is 463 g/mol. The summed E-state index contributed by atoms with van der Waals surface area (Å²) < 4.78 is 44.0. The summed E-state index contributed by atoms with van der Waals surface area (Å²) in [5, 5.41) is 0.792. The van der Waals surface area contributed by atoms with Crippen LogP contribution in [0.4, 0.5) is 16.0 Å². The van der Waals surface area contributed by atoms with Crippen molar-refractivity contribution in [3.05, 3.63) is 41.3 Å². The second-order valence-corrected chi connectivity index (χ2v) is 10.9. The fraction of sp³-hybridized carbons (Fsp3) is 0.350. The van der Waals surface area contributed by atoms with Gasteiger partial charge in [0.25, 0.3) is 0 Å². The zero-order valence-electron chi connectivity index (χ0n) is 17.4. The molecule has 0 radical (unpaired) electrons. The van der Waals surface area contributed by atoms with E-state index in [0.29, 0.717) is 29.4 Å². The van der Waals surface area contributed by atoms with Crippen LogP contribution in [0.25, 0.3) is 21.8 Å². The Kier molecular flexibility index (Phi) is 5.44. The Morgan fingerprint density at radius 2 is 1.94 bits per heavy atom. The molecule has 0 spiro atoms. The van der Waals surface area contributed by atoms with Crippen molar-refractivity contribution in [1.82, 2.24) is 19.3 Å². The summed E-state index contributed by atoms with van der Waals surface area (Å²) in [5.74, 6) is -0.591. The van der Waals surface area contributed by atoms with Crippen LogP contribution in [-0.2, 0) is 15.6 Å². The molecule has 11 heteroatoms. The van der Waals surface area contributed by atoms with Crippen LogP contribution >= 0.6 is 11.3 Å². The van der Waals surface area contributed by atoms with Gasteiger partial charge in [-0.15, -0.1) is 11.3 Å². The second kappa shape index (κ2) is 7.81. The molecule has 1 fully saturated rings. The molecule has 0 saturated carbocycles. The summed E-state index contributed by atoms with van der Waals surface area (Å²) in [6, 6.07) is 6.26. The third-order valence-electron chi connectivity index (χ3n) is 4.82. The van der Waals surface area contributed by atoms with Crippen molar-refractivity contribution in [3.63, 3.8) is 0 Å². The minimum Gasteiger partial charge on any atom is -0.368 e. The first kappa shape index (κ1) is 21.6. The Hall–Kier alpha value is -2.63. The van der Waals surface area contributed by atoms with E-state index in [4.69, 9.17) is 10.7 Å². The van der Waals surface area contributed by atoms with Crippen LogP contribution in [0.2, 0.25) is 0 Å². The topological polar surface area (TPSA) is 114 Å². The Balaban J connectivity index is 1.83. The lowest BCUT2D eigenvalue weighted by atomic mass is 9.98. The number of hydrogen-bond acceptors (Lipinski definition) is 7. The first-order valence-corrected chi connectivity index (χ1v) is 12.0. The van der Waals surface area contributed by atoms with E-state index >= 15 is 4.39 Å². The van der Waals surface area contributed by atoms with Crippen LogP contribution in [0.3, 0.4) is 0 Å². The number of aromatic nitrogens is 3. The van der Waals surface area contributed by atoms with E-state index in [1.807, 2.05) is 20.8 Å². The highest BCUT2D eigenvalue weighted by molar-refractivity contribution is 7.90. The van der Waals surface area contributed by atoms with Crippen LogP contribution in [0.15, 0.2) is 30.5 Å². The van der Waals surface area contributed by atoms with E-state index in [1.165, 1.54) is 27.9 Å². The lowest BCUT2D eigenvalue weighted by Gasteiger charge is -2.29. The molecule has 0 aliphatic carbocycles. The minimum atomic E-state index is -3.80. The van der Waals surface area contributed by atoms with Gasteiger partial charge in [0.15, 0.2) is 5.82 Å². The molecule has 164 valence electrons. The summed E-state index contributed by atoms with van der Waals surface area (Å²) >= 11 is 1.40. The zero-order valence-corrected chi connectivity index (χ0v) is 19.0. The largest absolute Gasteiger partial charge is 0.368 e. The Morgan fingerprint density at radius 1 is 1.19 bits per heavy atom. The van der Waals surface area contributed by atoms with E-state index < -0.39 is 16.0 Å². The highest BCUT2D eigenvalue weighted by Gasteiger charge is 2.30. The number of nitrogen functional groups attached to an aromatic ring is 1. The van der Waals surface area contributed by atoms with Crippen LogP contribution in [-0.4, -0.2) is 40.8 Å². The minimum absolute atomic E-state index is 0.102. The van der Waals surface area contributed by atoms with E-state index in [2.05, 4.69) is 14.7 Å². The summed E-state index contributed by atoms with van der Waals surface area (Å²) in [7, 11) is -3.80. The molecule has 0 atom stereocenters. The number of nitrogens with two attached hydrogens (primary N) is 1. The molecule has 1 aliphatic rings. The quantitative estimate of drug-likeness (QED) is 0.598. The molecule has 1 aromatic carbocycles. The number of thiazole rings is 1. The number of hydrogen-bond donors (Lipinski definition) is 2. The van der Waals surface area contributed by atoms with Crippen molar-refractivity contribution in [1.29, 1.82) is 0 Å². The van der Waals surface area contributed by atoms with Crippen molar-refractivity contribution in [2.45, 2.75) is 32.6 Å². The number of anilines is 2. The van der Waals surface area contributed by atoms with Gasteiger partial charge in [-0.1, -0.05) is 26.8 Å². The van der Waals surface area contributed by atoms with Crippen molar-refractivity contribution >= 4 is 33.2 Å². The maximum absolute atomic E-state index is 15.5. The number of halogens is 1. The molecule has 3 aromatic rings. The molecular weight excluding hydrogens is 439 g/mol. The van der Waals surface area contributed by atoms with Crippen LogP contribution in [0.5, 0.6) is 0 Å². The molecule has 0 bridgehead atoms. The Morgan fingerprint density at radius 3 is 2.55 bits per heavy atom. The Bertz CT molecular complexity index is 1230. The van der Waals surface area contributed by atoms with Gasteiger partial charge in [0.1, 0.15) is 0 Å². The average Bonchev–Trinajstić information content (AvgIpc) is 3.07. The molecule has 4 rings (SSSR count). The molecule has 8 nitrogen and oxygen atoms in total. The van der Waals surface area contributed by atoms with Gasteiger partial charge in [-0.05, 0) is 24.6 Å². The van der Waals surface area contributed by atoms with E-state index in [-0.39, 0.29) is 22.6 Å². The maximum atomic E-state index is 15.5. The molecule has 3 heterocycles. The van der Waals surface area contributed by atoms with Crippen LogP contribution in [0, 0.1) is 5.82 Å². The highest BCUT2D eigenvalue weighted by Crippen LogP contribution is 2.41. The number of nitrogens with zero attached hydrogens (tertiary/aromatic N) is 4. The number of benzene rings is 1. The van der Waals surface area contributed by atoms with Crippen molar-refractivity contribution < 1.29 is 12.8 Å². The maximum Gasteiger partial charge on any atom is 0.301 e. The fourth-order valence-corrected chi connectivity index (χ4v) is 5.43. The smallest absolute Gasteiger partial charge is 0.301 e. The second-order valence-electron chi connectivity index (χ2n) is 8.27. The van der Waals surface area contributed by atoms with Crippen LogP contribution in [0.1, 0.15) is 32.2 Å². The van der Waals surface area contributed by atoms with E-state index in [1.54, 1.807) is 18.2 Å². The first-order valence-electron chi connectivity index (χ1n) is 9.73. The molecule has 0 unspecified atom stereocenters. The molecule has 0 amide bonds. The van der Waals surface area contributed by atoms with Crippen molar-refractivity contribution in [2.75, 3.05) is 23.5 Å². The van der Waals surface area contributed by atoms with Crippen molar-refractivity contribution in [2.24, 2.45) is 0 Å². The van der Waals surface area contributed by atoms with Gasteiger partial charge >= 0.3 is 10.2 Å². The molecule has 31 heavy (non-hydrogen) atoms. The van der Waals surface area contributed by atoms with E-state index in [9.17, 15) is 8.42 Å². The lowest BCUT2D eigenvalue weighted by molar-refractivity contribution is 0.311. The number of rotatable bonds is 5. The van der Waals surface area contributed by atoms with Gasteiger partial charge in [0.2, 0.25) is 5.95 Å². The molecule has 3 N–H and O–H groups in total. The normalized spacial score (nSPS) is 15.0. The lowest BCUT2D eigenvalue weighted by Crippen LogP contribution is -2.45. The van der Waals surface area contributed by atoms with Crippen LogP contribution < -0.4 is 10.5 Å². The molecule has 1 aliphatic heterocycles. The predicted octanol–water partition coefficient (Wildman–Crippen LogP) is 3.65. The molecule has 1 saturated heterocycles. The first-order chi connectivity index (χ1) is 14.6. The van der Waals surface area contributed by atoms with Gasteiger partial charge < -0.3 is 5.73 Å². The summed E-state index contributed by atoms with van der Waals surface area (Å²) in [6.07, 6.45) is 2.33. The SMILES string of the molecule is CC(C)(C)c1nc(-c2cccc(NS(=O)(=O)N3CCC3)c2F)c(-c2ccnc(N)n2)s1. The highest BCUT2D eigenvalue weighted by atomic mass is 32.2. The summed E-state index contributed by atoms with van der Waals surface area (Å²) in [5.41, 5.74) is 6.45. The van der Waals surface area contributed by atoms with Gasteiger partial charge in [0.05, 0.1) is 27.0 Å². The molecular formula is C20H23FN6O2S2. The predicted molar refractivity (Wildman–Crippen MR) is 120 cm³/mol. The Labute approximate surface area is 184 Å². The third kappa shape index (κ3) is 4.25. The van der Waals surface area contributed by atoms with Gasteiger partial charge in [-0.2, -0.15) is 12.7 Å². The summed E-state index contributed by atoms with van der Waals surface area (Å²) in [6.45, 7) is 6.90. The standard InChI is InChI=1S/C20H23FN6O2S2/c1-20(2,3)18-25-16(17(30-18)14-8-9-23-19(22)24-14)12-6-4-7-13(15(12)21)26-31(28,29)27-10-5-11-27/h4,6-9,26H,5,10-11H2,1-3H3,(H2,22,23,24). The fourth-order valence-electron chi connectivity index (χ4n) is 3.02. The zero-order chi connectivity index (χ0) is 22.4. The van der Waals surface area contributed by atoms with E-state index in [0.717, 1.165) is 11.4 Å². The van der Waals surface area contributed by atoms with Gasteiger partial charge in [0, 0.05) is 30.3 Å². The number of nitrogens with one attached hydrogen (secondary N) is 1. The van der Waals surface area contributed by atoms with Crippen molar-refractivity contribution in [3.8, 4) is 21.8 Å². The molecule has 2 aromatic heterocycles. The monoisotopic (exact) mass is 462 g/mol. The van der Waals surface area contributed by atoms with Gasteiger partial charge in [-0.25, -0.2) is 19.3 Å². The summed E-state index contributed by atoms with van der Waals surface area (Å²) in [4.78, 5) is 13.5. The third-order valence-corrected chi connectivity index (χ3v) is 7.85.